The maximum Gasteiger partial charge on any atom is 0.246 e. The number of benzene rings is 2. The Morgan fingerprint density at radius 2 is 1.92 bits per heavy atom. The first-order valence-electron chi connectivity index (χ1n) is 8.01. The summed E-state index contributed by atoms with van der Waals surface area (Å²) in [5, 5.41) is 0. The van der Waals surface area contributed by atoms with Crippen LogP contribution in [0.1, 0.15) is 18.1 Å². The normalized spacial score (nSPS) is 10.7. The zero-order chi connectivity index (χ0) is 18.2. The molecule has 0 heterocycles. The molecule has 0 atom stereocenters. The summed E-state index contributed by atoms with van der Waals surface area (Å²) in [6, 6.07) is 11.7. The average molecular weight is 343 g/mol. The molecule has 0 aliphatic carbocycles. The molecular weight excluding hydrogens is 321 g/mol. The number of rotatable bonds is 7. The van der Waals surface area contributed by atoms with Crippen LogP contribution in [0.4, 0.5) is 4.39 Å². The van der Waals surface area contributed by atoms with Crippen LogP contribution in [0.5, 0.6) is 11.5 Å². The minimum absolute atomic E-state index is 0.156. The lowest BCUT2D eigenvalue weighted by molar-refractivity contribution is -0.126. The van der Waals surface area contributed by atoms with Gasteiger partial charge in [-0.2, -0.15) is 0 Å². The highest BCUT2D eigenvalue weighted by Gasteiger charge is 2.11. The van der Waals surface area contributed by atoms with E-state index in [1.807, 2.05) is 19.1 Å². The third-order valence-electron chi connectivity index (χ3n) is 3.79. The highest BCUT2D eigenvalue weighted by Crippen LogP contribution is 2.31. The molecule has 1 amide bonds. The SMILES string of the molecule is CCN(Cc1cccc(F)c1)C(=O)/C=C/c1cccc(OC)c1OC. The topological polar surface area (TPSA) is 38.8 Å². The van der Waals surface area contributed by atoms with Gasteiger partial charge in [0.05, 0.1) is 14.2 Å². The average Bonchev–Trinajstić information content (AvgIpc) is 2.63. The molecule has 2 aromatic rings. The molecule has 0 aliphatic heterocycles. The third kappa shape index (κ3) is 4.83. The molecule has 0 saturated carbocycles. The first-order valence-corrected chi connectivity index (χ1v) is 8.01. The quantitative estimate of drug-likeness (QED) is 0.716. The van der Waals surface area contributed by atoms with Gasteiger partial charge in [-0.3, -0.25) is 4.79 Å². The van der Waals surface area contributed by atoms with Gasteiger partial charge in [0, 0.05) is 24.7 Å². The number of para-hydroxylation sites is 1. The summed E-state index contributed by atoms with van der Waals surface area (Å²) >= 11 is 0. The number of carbonyl (C=O) groups excluding carboxylic acids is 1. The molecule has 0 N–H and O–H groups in total. The zero-order valence-corrected chi connectivity index (χ0v) is 14.7. The molecule has 0 saturated heterocycles. The fourth-order valence-electron chi connectivity index (χ4n) is 2.51. The van der Waals surface area contributed by atoms with Crippen LogP contribution in [-0.4, -0.2) is 31.6 Å². The Morgan fingerprint density at radius 1 is 1.16 bits per heavy atom. The molecule has 132 valence electrons. The van der Waals surface area contributed by atoms with E-state index in [0.29, 0.717) is 24.6 Å². The van der Waals surface area contributed by atoms with Crippen molar-refractivity contribution in [3.63, 3.8) is 0 Å². The summed E-state index contributed by atoms with van der Waals surface area (Å²) < 4.78 is 23.9. The van der Waals surface area contributed by atoms with E-state index in [1.165, 1.54) is 18.2 Å². The predicted octanol–water partition coefficient (Wildman–Crippen LogP) is 3.90. The summed E-state index contributed by atoms with van der Waals surface area (Å²) in [6.07, 6.45) is 3.18. The number of nitrogens with zero attached hydrogens (tertiary/aromatic N) is 1. The molecular formula is C20H22FNO3. The van der Waals surface area contributed by atoms with Crippen molar-refractivity contribution in [2.75, 3.05) is 20.8 Å². The second-order valence-corrected chi connectivity index (χ2v) is 5.40. The van der Waals surface area contributed by atoms with Gasteiger partial charge in [0.15, 0.2) is 11.5 Å². The van der Waals surface area contributed by atoms with E-state index < -0.39 is 0 Å². The van der Waals surface area contributed by atoms with E-state index in [-0.39, 0.29) is 11.7 Å². The second kappa shape index (κ2) is 8.87. The van der Waals surface area contributed by atoms with Gasteiger partial charge in [0.1, 0.15) is 5.82 Å². The van der Waals surface area contributed by atoms with Crippen molar-refractivity contribution in [1.82, 2.24) is 4.90 Å². The molecule has 0 bridgehead atoms. The Labute approximate surface area is 147 Å². The number of likely N-dealkylation sites (N-methyl/N-ethyl adjacent to an activating group) is 1. The minimum Gasteiger partial charge on any atom is -0.493 e. The Balaban J connectivity index is 2.15. The number of carbonyl (C=O) groups is 1. The largest absolute Gasteiger partial charge is 0.493 e. The van der Waals surface area contributed by atoms with Gasteiger partial charge in [-0.25, -0.2) is 4.39 Å². The molecule has 2 rings (SSSR count). The fraction of sp³-hybridized carbons (Fsp3) is 0.250. The van der Waals surface area contributed by atoms with Crippen molar-refractivity contribution in [1.29, 1.82) is 0 Å². The summed E-state index contributed by atoms with van der Waals surface area (Å²) in [5.74, 6) is 0.709. The van der Waals surface area contributed by atoms with Crippen LogP contribution < -0.4 is 9.47 Å². The predicted molar refractivity (Wildman–Crippen MR) is 96.1 cm³/mol. The van der Waals surface area contributed by atoms with Gasteiger partial charge in [-0.15, -0.1) is 0 Å². The Bertz CT molecular complexity index is 758. The highest BCUT2D eigenvalue weighted by molar-refractivity contribution is 5.92. The molecule has 0 aromatic heterocycles. The van der Waals surface area contributed by atoms with Crippen molar-refractivity contribution < 1.29 is 18.7 Å². The van der Waals surface area contributed by atoms with Gasteiger partial charge in [-0.1, -0.05) is 24.3 Å². The van der Waals surface area contributed by atoms with Crippen LogP contribution in [0.15, 0.2) is 48.5 Å². The molecule has 0 aliphatic rings. The number of ether oxygens (including phenoxy) is 2. The Morgan fingerprint density at radius 3 is 2.56 bits per heavy atom. The number of methoxy groups -OCH3 is 2. The van der Waals surface area contributed by atoms with Crippen molar-refractivity contribution >= 4 is 12.0 Å². The number of hydrogen-bond donors (Lipinski definition) is 0. The summed E-state index contributed by atoms with van der Waals surface area (Å²) in [5.41, 5.74) is 1.50. The van der Waals surface area contributed by atoms with Gasteiger partial charge < -0.3 is 14.4 Å². The maximum absolute atomic E-state index is 13.3. The third-order valence-corrected chi connectivity index (χ3v) is 3.79. The lowest BCUT2D eigenvalue weighted by atomic mass is 10.1. The smallest absolute Gasteiger partial charge is 0.246 e. The van der Waals surface area contributed by atoms with Crippen molar-refractivity contribution in [3.05, 3.63) is 65.5 Å². The molecule has 0 spiro atoms. The zero-order valence-electron chi connectivity index (χ0n) is 14.7. The Hall–Kier alpha value is -2.82. The van der Waals surface area contributed by atoms with Gasteiger partial charge >= 0.3 is 0 Å². The number of halogens is 1. The van der Waals surface area contributed by atoms with E-state index in [9.17, 15) is 9.18 Å². The molecule has 0 unspecified atom stereocenters. The van der Waals surface area contributed by atoms with E-state index in [1.54, 1.807) is 43.4 Å². The van der Waals surface area contributed by atoms with E-state index in [0.717, 1.165) is 11.1 Å². The maximum atomic E-state index is 13.3. The van der Waals surface area contributed by atoms with Crippen molar-refractivity contribution in [2.24, 2.45) is 0 Å². The molecule has 5 heteroatoms. The van der Waals surface area contributed by atoms with Gasteiger partial charge in [0.25, 0.3) is 0 Å². The van der Waals surface area contributed by atoms with Gasteiger partial charge in [0.2, 0.25) is 5.91 Å². The van der Waals surface area contributed by atoms with Crippen LogP contribution in [0.3, 0.4) is 0 Å². The van der Waals surface area contributed by atoms with Crippen LogP contribution in [0.2, 0.25) is 0 Å². The lowest BCUT2D eigenvalue weighted by Crippen LogP contribution is -2.28. The minimum atomic E-state index is -0.308. The van der Waals surface area contributed by atoms with Crippen molar-refractivity contribution in [2.45, 2.75) is 13.5 Å². The van der Waals surface area contributed by atoms with Crippen LogP contribution in [-0.2, 0) is 11.3 Å². The summed E-state index contributed by atoms with van der Waals surface area (Å²) in [7, 11) is 3.12. The molecule has 25 heavy (non-hydrogen) atoms. The Kier molecular flexibility index (Phi) is 6.57. The monoisotopic (exact) mass is 343 g/mol. The van der Waals surface area contributed by atoms with Crippen molar-refractivity contribution in [3.8, 4) is 11.5 Å². The van der Waals surface area contributed by atoms with Crippen LogP contribution in [0.25, 0.3) is 6.08 Å². The first kappa shape index (κ1) is 18.5. The van der Waals surface area contributed by atoms with E-state index in [2.05, 4.69) is 0 Å². The first-order chi connectivity index (χ1) is 12.1. The fourth-order valence-corrected chi connectivity index (χ4v) is 2.51. The molecule has 0 radical (unpaired) electrons. The van der Waals surface area contributed by atoms with Gasteiger partial charge in [-0.05, 0) is 36.8 Å². The highest BCUT2D eigenvalue weighted by atomic mass is 19.1. The summed E-state index contributed by atoms with van der Waals surface area (Å²) in [6.45, 7) is 2.76. The second-order valence-electron chi connectivity index (χ2n) is 5.40. The van der Waals surface area contributed by atoms with Crippen LogP contribution >= 0.6 is 0 Å². The molecule has 2 aromatic carbocycles. The van der Waals surface area contributed by atoms with Crippen LogP contribution in [0, 0.1) is 5.82 Å². The lowest BCUT2D eigenvalue weighted by Gasteiger charge is -2.19. The van der Waals surface area contributed by atoms with E-state index >= 15 is 0 Å². The molecule has 0 fully saturated rings. The number of amides is 1. The molecule has 4 nitrogen and oxygen atoms in total. The van der Waals surface area contributed by atoms with E-state index in [4.69, 9.17) is 9.47 Å². The summed E-state index contributed by atoms with van der Waals surface area (Å²) in [4.78, 5) is 14.1. The standard InChI is InChI=1S/C20H22FNO3/c1-4-22(14-15-7-5-9-17(21)13-15)19(23)12-11-16-8-6-10-18(24-2)20(16)25-3/h5-13H,4,14H2,1-3H3/b12-11+. The number of hydrogen-bond acceptors (Lipinski definition) is 3.